The van der Waals surface area contributed by atoms with Gasteiger partial charge < -0.3 is 103 Å². The number of rotatable bonds is 31. The van der Waals surface area contributed by atoms with Crippen molar-refractivity contribution in [1.29, 1.82) is 16.2 Å². The van der Waals surface area contributed by atoms with Crippen molar-refractivity contribution in [3.63, 3.8) is 0 Å². The molecule has 7 aromatic rings. The molecule has 0 spiro atoms. The van der Waals surface area contributed by atoms with Crippen molar-refractivity contribution >= 4 is 185 Å². The monoisotopic (exact) mass is 2130 g/mol. The van der Waals surface area contributed by atoms with Gasteiger partial charge in [-0.15, -0.1) is 47.0 Å². The Morgan fingerprint density at radius 1 is 0.545 bits per heavy atom. The van der Waals surface area contributed by atoms with Gasteiger partial charge in [0, 0.05) is 161 Å². The molecule has 4 atom stereocenters. The summed E-state index contributed by atoms with van der Waals surface area (Å²) >= 11 is 7.28. The first-order chi connectivity index (χ1) is 67.0. The van der Waals surface area contributed by atoms with Crippen molar-refractivity contribution in [1.82, 2.24) is 25.0 Å². The van der Waals surface area contributed by atoms with Crippen LogP contribution < -0.4 is 64.6 Å². The molecule has 0 saturated carbocycles. The molecule has 4 unspecified atom stereocenters. The number of anilines is 4. The molecule has 4 fully saturated rings. The van der Waals surface area contributed by atoms with Crippen molar-refractivity contribution in [3.05, 3.63) is 207 Å². The highest BCUT2D eigenvalue weighted by Gasteiger charge is 2.31. The number of nitrogen functional groups attached to an aromatic ring is 1. The molecule has 6 aromatic carbocycles. The number of nitrogens with one attached hydrogen (secondary N) is 7. The van der Waals surface area contributed by atoms with E-state index in [1.54, 1.807) is 157 Å². The lowest BCUT2D eigenvalue weighted by atomic mass is 9.98. The summed E-state index contributed by atoms with van der Waals surface area (Å²) in [4.78, 5) is 109. The van der Waals surface area contributed by atoms with Gasteiger partial charge in [-0.3, -0.25) is 65.4 Å². The number of hydrogen-bond donors (Lipinski definition) is 12. The predicted molar refractivity (Wildman–Crippen MR) is 578 cm³/mol. The minimum absolute atomic E-state index is 0. The number of aromatic nitrogens is 1. The zero-order valence-electron chi connectivity index (χ0n) is 82.5. The third-order valence-corrected chi connectivity index (χ3v) is 28.1. The number of fused-ring (bicyclic) bond motifs is 3. The van der Waals surface area contributed by atoms with E-state index in [4.69, 9.17) is 53.7 Å². The smallest absolute Gasteiger partial charge is 0.411 e. The Bertz CT molecular complexity index is 5020. The molecule has 36 nitrogen and oxygen atoms in total. The Balaban J connectivity index is 0.000000369. The number of pyridine rings is 1. The van der Waals surface area contributed by atoms with Gasteiger partial charge in [0.05, 0.1) is 34.6 Å². The average Bonchev–Trinajstić information content (AvgIpc) is 1.61. The molecular formula is C99H139N17O19S8-4. The molecular weight excluding hydrogens is 1990 g/mol. The predicted octanol–water partition coefficient (Wildman–Crippen LogP) is 13.2. The lowest BCUT2D eigenvalue weighted by Gasteiger charge is -2.30. The molecule has 12 rings (SSSR count). The molecule has 16 N–H and O–H groups in total. The minimum Gasteiger partial charge on any atom is -0.595 e. The van der Waals surface area contributed by atoms with Gasteiger partial charge in [-0.2, -0.15) is 0 Å². The van der Waals surface area contributed by atoms with Gasteiger partial charge in [0.25, 0.3) is 0 Å². The fraction of sp³-hybridized carbons (Fsp3) is 0.475. The van der Waals surface area contributed by atoms with Crippen LogP contribution >= 0.6 is 90.2 Å². The van der Waals surface area contributed by atoms with Crippen molar-refractivity contribution in [2.45, 2.75) is 206 Å². The first-order valence-electron chi connectivity index (χ1n) is 45.6. The van der Waals surface area contributed by atoms with Crippen LogP contribution in [0.4, 0.5) is 33.2 Å². The lowest BCUT2D eigenvalue weighted by Crippen LogP contribution is -2.43. The van der Waals surface area contributed by atoms with E-state index in [0.717, 1.165) is 117 Å². The SMILES string of the molecule is C.C1CSCN1.CC(C)(C)OC(=N)[O-].CC(C)(C)OC(=N)[O-].CC(C)(C)OC(=N)[O-].CC(C)(C)OC([O-])=NC(CSSc1ncccc1[N+](=O)[O-])C(=O)Nc1ccc(CCC(=O)N2CCSC2)cc1.CCC(N)CSSCC(N)C(=O)Nc1ccc(CC(N)C(=O)N2CCSC2)cc1.Nc1ccc(CCC(=O)N2CCSC2)cc1.O=C(O)CCc1ccc(NC(=O)OCC2c3ccccc3-c3ccccc32)cc1. The quantitative estimate of drug-likeness (QED) is 0.00365. The summed E-state index contributed by atoms with van der Waals surface area (Å²) in [5.74, 6) is 8.07. The maximum atomic E-state index is 13.1. The van der Waals surface area contributed by atoms with Gasteiger partial charge in [-0.1, -0.05) is 227 Å². The number of carboxylic acids is 1. The van der Waals surface area contributed by atoms with E-state index < -0.39 is 87.8 Å². The summed E-state index contributed by atoms with van der Waals surface area (Å²) in [7, 11) is 5.35. The van der Waals surface area contributed by atoms with Crippen molar-refractivity contribution in [2.75, 3.05) is 118 Å². The number of carbonyl (C=O) groups is 7. The highest BCUT2D eigenvalue weighted by molar-refractivity contribution is 8.77. The summed E-state index contributed by atoms with van der Waals surface area (Å²) in [6.07, 6.45) is 1.51. The van der Waals surface area contributed by atoms with E-state index in [-0.39, 0.29) is 72.5 Å². The Labute approximate surface area is 872 Å². The van der Waals surface area contributed by atoms with Crippen LogP contribution in [0.5, 0.6) is 0 Å². The molecule has 143 heavy (non-hydrogen) atoms. The molecule has 6 amide bonds. The van der Waals surface area contributed by atoms with E-state index in [9.17, 15) is 64.1 Å². The Kier molecular flexibility index (Phi) is 56.8. The number of ether oxygens (including phenoxy) is 5. The van der Waals surface area contributed by atoms with Crippen molar-refractivity contribution < 1.29 is 87.7 Å². The first-order valence-corrected chi connectivity index (χ1v) is 55.1. The van der Waals surface area contributed by atoms with Crippen molar-refractivity contribution in [2.24, 2.45) is 22.2 Å². The van der Waals surface area contributed by atoms with Crippen LogP contribution in [-0.4, -0.2) is 239 Å². The molecule has 1 aromatic heterocycles. The second-order valence-electron chi connectivity index (χ2n) is 36.0. The Hall–Kier alpha value is -10.5. The number of nitrogens with zero attached hydrogens (tertiary/aromatic N) is 6. The van der Waals surface area contributed by atoms with E-state index in [1.165, 1.54) is 64.3 Å². The second kappa shape index (κ2) is 65.1. The van der Waals surface area contributed by atoms with E-state index >= 15 is 0 Å². The van der Waals surface area contributed by atoms with Crippen LogP contribution in [0.2, 0.25) is 0 Å². The standard InChI is InChI=1S/C25H31N5O6S3.C24H21NO4.C19H31N5O2S3.C12H16N2OS.3C5H11NO2.C3H7NS.CH4/c1-25(2,3)36-24(33)28-19(15-38-39-23-20(30(34)35)5-4-12-26-23)22(32)27-18-9-6-17(7-10-18)8-11-21(31)29-13-14-37-16-29;26-23(27)14-11-16-9-12-17(13-10-16)25-24(28)29-15-22-20-7-3-1-5-18(20)19-6-2-4-8-21(19)22;1-2-14(20)10-28-29-11-17(22)18(25)23-15-5-3-13(4-6-15)9-16(21)19(26)24-7-8-27-12-24;13-11-4-1-10(2-5-11)3-6-12(15)14-7-8-16-9-14;3*1-5(2,3)8-4(6)7;1-2-5-3-4-1;/h4-7,9-10,12,19H,8,11,13-16H2,1-3H3,(H,27,32)(H,28,33);1-10,12-13,22H,11,14-15H2,(H,25,28)(H,26,27);3-6,14,16-17H,2,7-12,20-22H2,1H3,(H,23,25);1-2,4-5H,3,6-9,13H2;3*1-3H3,(H2,6,7);4H,1-3H2;1H4/p-4. The number of hydrogen-bond acceptors (Lipinski definition) is 36. The summed E-state index contributed by atoms with van der Waals surface area (Å²) in [5, 5.41) is 92.9. The van der Waals surface area contributed by atoms with Gasteiger partial charge >= 0.3 is 17.7 Å². The van der Waals surface area contributed by atoms with Crippen LogP contribution in [0.3, 0.4) is 0 Å². The summed E-state index contributed by atoms with van der Waals surface area (Å²) in [6.45, 7) is 26.6. The fourth-order valence-electron chi connectivity index (χ4n) is 12.6. The number of carbonyl (C=O) groups excluding carboxylic acids is 6. The van der Waals surface area contributed by atoms with E-state index in [1.807, 2.05) is 130 Å². The molecule has 4 aliphatic heterocycles. The third kappa shape index (κ3) is 53.2. The van der Waals surface area contributed by atoms with Crippen LogP contribution in [0.1, 0.15) is 162 Å². The van der Waals surface area contributed by atoms with Gasteiger partial charge in [-0.25, -0.2) is 9.78 Å². The number of benzene rings is 6. The van der Waals surface area contributed by atoms with Gasteiger partial charge in [-0.05, 0) is 142 Å². The Morgan fingerprint density at radius 3 is 1.38 bits per heavy atom. The van der Waals surface area contributed by atoms with Gasteiger partial charge in [0.2, 0.25) is 29.5 Å². The van der Waals surface area contributed by atoms with Gasteiger partial charge in [0.1, 0.15) is 37.0 Å². The van der Waals surface area contributed by atoms with Crippen LogP contribution in [0.15, 0.2) is 174 Å². The third-order valence-electron chi connectivity index (χ3n) is 19.5. The van der Waals surface area contributed by atoms with Crippen LogP contribution in [-0.2, 0) is 78.1 Å². The highest BCUT2D eigenvalue weighted by Crippen LogP contribution is 2.45. The average molecular weight is 2130 g/mol. The number of thioether (sulfide) groups is 4. The number of aliphatic carboxylic acids is 1. The Morgan fingerprint density at radius 2 is 0.979 bits per heavy atom. The lowest BCUT2D eigenvalue weighted by molar-refractivity contribution is -0.388. The van der Waals surface area contributed by atoms with E-state index in [2.05, 4.69) is 76.6 Å². The highest BCUT2D eigenvalue weighted by atomic mass is 33.1. The second-order valence-corrected chi connectivity index (χ2v) is 45.2. The number of aryl methyl sites for hydroxylation is 3. The molecule has 4 saturated heterocycles. The molecule has 786 valence electrons. The molecule has 0 radical (unpaired) electrons. The normalized spacial score (nSPS) is 14.3. The summed E-state index contributed by atoms with van der Waals surface area (Å²) < 4.78 is 24.2. The van der Waals surface area contributed by atoms with E-state index in [0.29, 0.717) is 54.9 Å². The molecule has 5 aliphatic rings. The molecule has 5 heterocycles. The number of amides is 6. The largest absolute Gasteiger partial charge is 0.595 e. The maximum Gasteiger partial charge on any atom is 0.411 e. The zero-order valence-corrected chi connectivity index (χ0v) is 89.0. The number of nitrogens with two attached hydrogens (primary N) is 4. The zero-order chi connectivity index (χ0) is 105. The molecule has 1 aliphatic carbocycles. The summed E-state index contributed by atoms with van der Waals surface area (Å²) in [6, 6.07) is 46.5. The van der Waals surface area contributed by atoms with Crippen molar-refractivity contribution in [3.8, 4) is 11.1 Å². The number of nitro groups is 1. The fourth-order valence-corrected chi connectivity index (χ4v) is 20.8. The summed E-state index contributed by atoms with van der Waals surface area (Å²) in [5.41, 5.74) is 32.3. The topological polar surface area (TPSA) is 580 Å². The maximum absolute atomic E-state index is 13.1. The minimum atomic E-state index is -1.12. The first kappa shape index (κ1) is 125. The molecule has 44 heteroatoms. The molecule has 0 bridgehead atoms. The number of aliphatic imine (C=N–C) groups is 1. The number of carboxylic acid groups (broad SMARTS) is 1. The van der Waals surface area contributed by atoms with Crippen LogP contribution in [0, 0.1) is 26.3 Å². The van der Waals surface area contributed by atoms with Crippen LogP contribution in [0.25, 0.3) is 11.1 Å². The van der Waals surface area contributed by atoms with Gasteiger partial charge in [0.15, 0.2) is 5.03 Å².